The molecule has 1 heterocycles. The van der Waals surface area contributed by atoms with E-state index in [-0.39, 0.29) is 17.4 Å². The van der Waals surface area contributed by atoms with Crippen LogP contribution in [0, 0.1) is 11.7 Å². The van der Waals surface area contributed by atoms with Gasteiger partial charge in [0.05, 0.1) is 11.8 Å². The molecule has 21 heavy (non-hydrogen) atoms. The lowest BCUT2D eigenvalue weighted by Gasteiger charge is -2.32. The number of sulfonamides is 1. The summed E-state index contributed by atoms with van der Waals surface area (Å²) in [6.07, 6.45) is 2.55. The molecule has 116 valence electrons. The lowest BCUT2D eigenvalue weighted by molar-refractivity contribution is 0.0687. The second kappa shape index (κ2) is 6.53. The first kappa shape index (κ1) is 15.9. The zero-order chi connectivity index (χ0) is 15.5. The number of nitrogens with one attached hydrogen (secondary N) is 1. The number of hydrogen-bond donors (Lipinski definition) is 1. The van der Waals surface area contributed by atoms with Crippen LogP contribution in [-0.4, -0.2) is 45.1 Å². The summed E-state index contributed by atoms with van der Waals surface area (Å²) >= 11 is 0. The van der Waals surface area contributed by atoms with E-state index in [4.69, 9.17) is 0 Å². The predicted molar refractivity (Wildman–Crippen MR) is 77.9 cm³/mol. The van der Waals surface area contributed by atoms with Gasteiger partial charge in [0.25, 0.3) is 5.91 Å². The van der Waals surface area contributed by atoms with Crippen molar-refractivity contribution >= 4 is 15.9 Å². The van der Waals surface area contributed by atoms with E-state index in [2.05, 4.69) is 4.72 Å². The minimum atomic E-state index is -3.18. The second-order valence-corrected chi connectivity index (χ2v) is 7.17. The maximum atomic E-state index is 13.6. The van der Waals surface area contributed by atoms with E-state index in [9.17, 15) is 17.6 Å². The SMILES string of the molecule is CS(=O)(=O)NCC1CCN(C(=O)c2ccccc2F)CC1. The van der Waals surface area contributed by atoms with Crippen molar-refractivity contribution in [1.29, 1.82) is 0 Å². The summed E-state index contributed by atoms with van der Waals surface area (Å²) < 4.78 is 38.2. The van der Waals surface area contributed by atoms with Crippen LogP contribution >= 0.6 is 0 Å². The van der Waals surface area contributed by atoms with Gasteiger partial charge in [-0.1, -0.05) is 12.1 Å². The molecule has 2 rings (SSSR count). The second-order valence-electron chi connectivity index (χ2n) is 5.34. The molecule has 1 fully saturated rings. The molecule has 0 unspecified atom stereocenters. The van der Waals surface area contributed by atoms with Crippen LogP contribution in [0.4, 0.5) is 4.39 Å². The summed E-state index contributed by atoms with van der Waals surface area (Å²) in [6.45, 7) is 1.42. The van der Waals surface area contributed by atoms with Crippen LogP contribution in [0.5, 0.6) is 0 Å². The number of carbonyl (C=O) groups excluding carboxylic acids is 1. The van der Waals surface area contributed by atoms with Crippen LogP contribution in [-0.2, 0) is 10.0 Å². The molecular formula is C14H19FN2O3S. The molecule has 0 saturated carbocycles. The van der Waals surface area contributed by atoms with Gasteiger partial charge in [0, 0.05) is 19.6 Å². The zero-order valence-electron chi connectivity index (χ0n) is 11.9. The molecule has 1 N–H and O–H groups in total. The third-order valence-electron chi connectivity index (χ3n) is 3.64. The Labute approximate surface area is 124 Å². The average molecular weight is 314 g/mol. The summed E-state index contributed by atoms with van der Waals surface area (Å²) in [7, 11) is -3.18. The van der Waals surface area contributed by atoms with Gasteiger partial charge in [-0.2, -0.15) is 0 Å². The van der Waals surface area contributed by atoms with E-state index in [1.54, 1.807) is 17.0 Å². The Morgan fingerprint density at radius 3 is 2.52 bits per heavy atom. The molecule has 0 spiro atoms. The summed E-state index contributed by atoms with van der Waals surface area (Å²) in [5, 5.41) is 0. The van der Waals surface area contributed by atoms with Crippen molar-refractivity contribution < 1.29 is 17.6 Å². The van der Waals surface area contributed by atoms with E-state index >= 15 is 0 Å². The smallest absolute Gasteiger partial charge is 0.256 e. The fourth-order valence-corrected chi connectivity index (χ4v) is 2.95. The first-order valence-electron chi connectivity index (χ1n) is 6.85. The van der Waals surface area contributed by atoms with Crippen molar-refractivity contribution in [3.8, 4) is 0 Å². The lowest BCUT2D eigenvalue weighted by atomic mass is 9.96. The normalized spacial score (nSPS) is 17.0. The molecule has 1 aromatic carbocycles. The maximum absolute atomic E-state index is 13.6. The van der Waals surface area contributed by atoms with E-state index in [1.807, 2.05) is 0 Å². The van der Waals surface area contributed by atoms with Crippen LogP contribution < -0.4 is 4.72 Å². The van der Waals surface area contributed by atoms with Gasteiger partial charge in [-0.05, 0) is 30.9 Å². The highest BCUT2D eigenvalue weighted by Crippen LogP contribution is 2.19. The quantitative estimate of drug-likeness (QED) is 0.909. The van der Waals surface area contributed by atoms with Gasteiger partial charge in [0.1, 0.15) is 5.82 Å². The molecule has 0 bridgehead atoms. The maximum Gasteiger partial charge on any atom is 0.256 e. The molecule has 5 nitrogen and oxygen atoms in total. The van der Waals surface area contributed by atoms with Crippen molar-refractivity contribution in [2.45, 2.75) is 12.8 Å². The summed E-state index contributed by atoms with van der Waals surface area (Å²) in [5.74, 6) is -0.601. The average Bonchev–Trinajstić information content (AvgIpc) is 2.45. The number of benzene rings is 1. The van der Waals surface area contributed by atoms with Gasteiger partial charge < -0.3 is 4.90 Å². The lowest BCUT2D eigenvalue weighted by Crippen LogP contribution is -2.41. The first-order valence-corrected chi connectivity index (χ1v) is 8.74. The molecule has 1 aromatic rings. The van der Waals surface area contributed by atoms with Crippen molar-refractivity contribution in [3.05, 3.63) is 35.6 Å². The standard InChI is InChI=1S/C14H19FN2O3S/c1-21(19,20)16-10-11-6-8-17(9-7-11)14(18)12-4-2-3-5-13(12)15/h2-5,11,16H,6-10H2,1H3. The Balaban J connectivity index is 1.89. The minimum absolute atomic E-state index is 0.0882. The van der Waals surface area contributed by atoms with E-state index in [0.717, 1.165) is 6.26 Å². The van der Waals surface area contributed by atoms with Crippen LogP contribution in [0.1, 0.15) is 23.2 Å². The van der Waals surface area contributed by atoms with Gasteiger partial charge >= 0.3 is 0 Å². The third-order valence-corrected chi connectivity index (χ3v) is 4.33. The van der Waals surface area contributed by atoms with Gasteiger partial charge in [0.15, 0.2) is 0 Å². The predicted octanol–water partition coefficient (Wildman–Crippen LogP) is 1.23. The summed E-state index contributed by atoms with van der Waals surface area (Å²) in [4.78, 5) is 13.8. The Kier molecular flexibility index (Phi) is 4.95. The fraction of sp³-hybridized carbons (Fsp3) is 0.500. The highest BCUT2D eigenvalue weighted by molar-refractivity contribution is 7.88. The third kappa shape index (κ3) is 4.50. The Bertz CT molecular complexity index is 610. The number of hydrogen-bond acceptors (Lipinski definition) is 3. The number of rotatable bonds is 4. The molecule has 0 radical (unpaired) electrons. The molecule has 1 amide bonds. The number of nitrogens with zero attached hydrogens (tertiary/aromatic N) is 1. The van der Waals surface area contributed by atoms with Crippen LogP contribution in [0.15, 0.2) is 24.3 Å². The topological polar surface area (TPSA) is 66.5 Å². The Morgan fingerprint density at radius 2 is 1.95 bits per heavy atom. The number of piperidine rings is 1. The molecule has 7 heteroatoms. The molecule has 0 aliphatic carbocycles. The molecular weight excluding hydrogens is 295 g/mol. The number of amides is 1. The summed E-state index contributed by atoms with van der Waals surface area (Å²) in [5.41, 5.74) is 0.0882. The van der Waals surface area contributed by atoms with Gasteiger partial charge in [0.2, 0.25) is 10.0 Å². The molecule has 0 atom stereocenters. The van der Waals surface area contributed by atoms with Gasteiger partial charge in [-0.25, -0.2) is 17.5 Å². The fourth-order valence-electron chi connectivity index (χ4n) is 2.41. The van der Waals surface area contributed by atoms with Crippen molar-refractivity contribution in [2.24, 2.45) is 5.92 Å². The highest BCUT2D eigenvalue weighted by atomic mass is 32.2. The highest BCUT2D eigenvalue weighted by Gasteiger charge is 2.25. The van der Waals surface area contributed by atoms with E-state index in [0.29, 0.717) is 32.5 Å². The van der Waals surface area contributed by atoms with Gasteiger partial charge in [-0.15, -0.1) is 0 Å². The number of likely N-dealkylation sites (tertiary alicyclic amines) is 1. The van der Waals surface area contributed by atoms with E-state index in [1.165, 1.54) is 12.1 Å². The Morgan fingerprint density at radius 1 is 1.33 bits per heavy atom. The number of halogens is 1. The molecule has 1 aliphatic rings. The molecule has 1 saturated heterocycles. The minimum Gasteiger partial charge on any atom is -0.339 e. The van der Waals surface area contributed by atoms with Crippen LogP contribution in [0.2, 0.25) is 0 Å². The van der Waals surface area contributed by atoms with Gasteiger partial charge in [-0.3, -0.25) is 4.79 Å². The Hall–Kier alpha value is -1.47. The molecule has 0 aromatic heterocycles. The van der Waals surface area contributed by atoms with Crippen molar-refractivity contribution in [2.75, 3.05) is 25.9 Å². The number of carbonyl (C=O) groups is 1. The molecule has 1 aliphatic heterocycles. The largest absolute Gasteiger partial charge is 0.339 e. The van der Waals surface area contributed by atoms with Crippen molar-refractivity contribution in [1.82, 2.24) is 9.62 Å². The van der Waals surface area contributed by atoms with Crippen LogP contribution in [0.3, 0.4) is 0 Å². The first-order chi connectivity index (χ1) is 9.87. The monoisotopic (exact) mass is 314 g/mol. The van der Waals surface area contributed by atoms with Crippen molar-refractivity contribution in [3.63, 3.8) is 0 Å². The zero-order valence-corrected chi connectivity index (χ0v) is 12.7. The summed E-state index contributed by atoms with van der Waals surface area (Å²) in [6, 6.07) is 5.94. The van der Waals surface area contributed by atoms with E-state index < -0.39 is 15.8 Å². The van der Waals surface area contributed by atoms with Crippen LogP contribution in [0.25, 0.3) is 0 Å².